The van der Waals surface area contributed by atoms with Crippen molar-refractivity contribution in [1.82, 2.24) is 10.2 Å². The summed E-state index contributed by atoms with van der Waals surface area (Å²) in [7, 11) is 0. The summed E-state index contributed by atoms with van der Waals surface area (Å²) in [4.78, 5) is 14.7. The second-order valence-corrected chi connectivity index (χ2v) is 6.63. The van der Waals surface area contributed by atoms with Gasteiger partial charge in [0.2, 0.25) is 5.91 Å². The lowest BCUT2D eigenvalue weighted by Crippen LogP contribution is -2.41. The fraction of sp³-hybridized carbons (Fsp3) is 0.929. The predicted molar refractivity (Wildman–Crippen MR) is 65.5 cm³/mol. The molecule has 4 fully saturated rings. The summed E-state index contributed by atoms with van der Waals surface area (Å²) in [6.07, 6.45) is 7.56. The van der Waals surface area contributed by atoms with Crippen molar-refractivity contribution in [3.8, 4) is 0 Å². The van der Waals surface area contributed by atoms with E-state index < -0.39 is 0 Å². The van der Waals surface area contributed by atoms with E-state index in [9.17, 15) is 4.79 Å². The number of hydrogen-bond donors (Lipinski definition) is 1. The summed E-state index contributed by atoms with van der Waals surface area (Å²) in [5.74, 6) is 2.71. The van der Waals surface area contributed by atoms with Gasteiger partial charge in [0, 0.05) is 31.1 Å². The van der Waals surface area contributed by atoms with Gasteiger partial charge in [0.1, 0.15) is 0 Å². The Morgan fingerprint density at radius 3 is 2.59 bits per heavy atom. The smallest absolute Gasteiger partial charge is 0.225 e. The number of rotatable bonds is 1. The Morgan fingerprint density at radius 1 is 1.00 bits per heavy atom. The highest BCUT2D eigenvalue weighted by molar-refractivity contribution is 5.79. The number of carbonyl (C=O) groups is 1. The maximum atomic E-state index is 12.5. The molecule has 1 amide bonds. The summed E-state index contributed by atoms with van der Waals surface area (Å²) < 4.78 is 0. The minimum absolute atomic E-state index is 0.385. The average molecular weight is 234 g/mol. The third kappa shape index (κ3) is 1.79. The third-order valence-corrected chi connectivity index (χ3v) is 5.43. The van der Waals surface area contributed by atoms with Crippen molar-refractivity contribution in [1.29, 1.82) is 0 Å². The standard InChI is InChI=1S/C14H22N2O/c17-14(11-6-9-5-10(9)7-11)16-4-3-12-1-2-13(8-16)15-12/h9-13,15H,1-8H2. The van der Waals surface area contributed by atoms with Crippen LogP contribution in [0, 0.1) is 17.8 Å². The topological polar surface area (TPSA) is 32.3 Å². The minimum Gasteiger partial charge on any atom is -0.341 e. The van der Waals surface area contributed by atoms with Crippen molar-refractivity contribution in [2.75, 3.05) is 13.1 Å². The molecule has 2 saturated carbocycles. The predicted octanol–water partition coefficient (Wildman–Crippen LogP) is 1.39. The molecule has 1 N–H and O–H groups in total. The minimum atomic E-state index is 0.385. The van der Waals surface area contributed by atoms with Gasteiger partial charge in [-0.3, -0.25) is 4.79 Å². The molecule has 2 bridgehead atoms. The Hall–Kier alpha value is -0.570. The first-order valence-corrected chi connectivity index (χ1v) is 7.34. The zero-order valence-electron chi connectivity index (χ0n) is 10.4. The van der Waals surface area contributed by atoms with Crippen molar-refractivity contribution < 1.29 is 4.79 Å². The van der Waals surface area contributed by atoms with Gasteiger partial charge in [-0.1, -0.05) is 0 Å². The van der Waals surface area contributed by atoms with Crippen molar-refractivity contribution >= 4 is 5.91 Å². The highest BCUT2D eigenvalue weighted by Gasteiger charge is 2.49. The van der Waals surface area contributed by atoms with E-state index in [0.717, 1.165) is 24.9 Å². The molecule has 4 unspecified atom stereocenters. The normalized spacial score (nSPS) is 47.8. The van der Waals surface area contributed by atoms with Crippen LogP contribution in [0.1, 0.15) is 38.5 Å². The molecule has 17 heavy (non-hydrogen) atoms. The number of hydrogen-bond acceptors (Lipinski definition) is 2. The van der Waals surface area contributed by atoms with Gasteiger partial charge in [-0.05, 0) is 50.4 Å². The van der Waals surface area contributed by atoms with Crippen LogP contribution in [-0.2, 0) is 4.79 Å². The lowest BCUT2D eigenvalue weighted by atomic mass is 10.0. The molecule has 4 rings (SSSR count). The van der Waals surface area contributed by atoms with E-state index in [4.69, 9.17) is 0 Å². The van der Waals surface area contributed by atoms with Gasteiger partial charge in [0.05, 0.1) is 0 Å². The Balaban J connectivity index is 1.42. The summed E-state index contributed by atoms with van der Waals surface area (Å²) >= 11 is 0. The summed E-state index contributed by atoms with van der Waals surface area (Å²) in [5.41, 5.74) is 0. The average Bonchev–Trinajstić information content (AvgIpc) is 2.76. The molecule has 0 spiro atoms. The van der Waals surface area contributed by atoms with Gasteiger partial charge in [-0.15, -0.1) is 0 Å². The Kier molecular flexibility index (Phi) is 2.26. The van der Waals surface area contributed by atoms with Crippen LogP contribution < -0.4 is 5.32 Å². The number of nitrogens with one attached hydrogen (secondary N) is 1. The van der Waals surface area contributed by atoms with E-state index in [-0.39, 0.29) is 0 Å². The molecule has 0 radical (unpaired) electrons. The van der Waals surface area contributed by atoms with Gasteiger partial charge in [0.25, 0.3) is 0 Å². The first-order chi connectivity index (χ1) is 8.29. The lowest BCUT2D eigenvalue weighted by molar-refractivity contribution is -0.135. The summed E-state index contributed by atoms with van der Waals surface area (Å²) in [5, 5.41) is 3.65. The highest BCUT2D eigenvalue weighted by atomic mass is 16.2. The summed E-state index contributed by atoms with van der Waals surface area (Å²) in [6.45, 7) is 1.97. The number of nitrogens with zero attached hydrogens (tertiary/aromatic N) is 1. The van der Waals surface area contributed by atoms with Crippen molar-refractivity contribution in [2.45, 2.75) is 50.6 Å². The van der Waals surface area contributed by atoms with Crippen LogP contribution in [0.15, 0.2) is 0 Å². The van der Waals surface area contributed by atoms with E-state index in [1.807, 2.05) is 0 Å². The van der Waals surface area contributed by atoms with Gasteiger partial charge < -0.3 is 10.2 Å². The first-order valence-electron chi connectivity index (χ1n) is 7.34. The van der Waals surface area contributed by atoms with E-state index in [2.05, 4.69) is 10.2 Å². The lowest BCUT2D eigenvalue weighted by Gasteiger charge is -2.27. The monoisotopic (exact) mass is 234 g/mol. The molecule has 2 aliphatic carbocycles. The quantitative estimate of drug-likeness (QED) is 0.743. The zero-order valence-corrected chi connectivity index (χ0v) is 10.4. The van der Waals surface area contributed by atoms with Gasteiger partial charge >= 0.3 is 0 Å². The molecular formula is C14H22N2O. The fourth-order valence-electron chi connectivity index (χ4n) is 4.32. The van der Waals surface area contributed by atoms with Crippen LogP contribution in [0.3, 0.4) is 0 Å². The fourth-order valence-corrected chi connectivity index (χ4v) is 4.32. The molecule has 4 aliphatic rings. The Morgan fingerprint density at radius 2 is 1.76 bits per heavy atom. The zero-order chi connectivity index (χ0) is 11.4. The van der Waals surface area contributed by atoms with Crippen LogP contribution >= 0.6 is 0 Å². The molecule has 2 saturated heterocycles. The van der Waals surface area contributed by atoms with Crippen LogP contribution in [0.4, 0.5) is 0 Å². The van der Waals surface area contributed by atoms with Crippen molar-refractivity contribution in [3.63, 3.8) is 0 Å². The van der Waals surface area contributed by atoms with Crippen molar-refractivity contribution in [3.05, 3.63) is 0 Å². The van der Waals surface area contributed by atoms with Crippen LogP contribution in [0.2, 0.25) is 0 Å². The molecule has 0 aromatic heterocycles. The molecule has 2 aliphatic heterocycles. The molecule has 0 aromatic carbocycles. The Labute approximate surface area is 103 Å². The largest absolute Gasteiger partial charge is 0.341 e. The highest BCUT2D eigenvalue weighted by Crippen LogP contribution is 2.54. The van der Waals surface area contributed by atoms with E-state index in [1.54, 1.807) is 0 Å². The van der Waals surface area contributed by atoms with Crippen LogP contribution in [0.5, 0.6) is 0 Å². The maximum Gasteiger partial charge on any atom is 0.225 e. The van der Waals surface area contributed by atoms with E-state index >= 15 is 0 Å². The van der Waals surface area contributed by atoms with Crippen LogP contribution in [0.25, 0.3) is 0 Å². The number of carbonyl (C=O) groups excluding carboxylic acids is 1. The molecule has 2 heterocycles. The van der Waals surface area contributed by atoms with Gasteiger partial charge in [0.15, 0.2) is 0 Å². The maximum absolute atomic E-state index is 12.5. The molecule has 94 valence electrons. The third-order valence-electron chi connectivity index (χ3n) is 5.43. The van der Waals surface area contributed by atoms with E-state index in [1.165, 1.54) is 38.5 Å². The van der Waals surface area contributed by atoms with Gasteiger partial charge in [-0.2, -0.15) is 0 Å². The van der Waals surface area contributed by atoms with Crippen LogP contribution in [-0.4, -0.2) is 36.0 Å². The number of likely N-dealkylation sites (tertiary alicyclic amines) is 1. The molecule has 4 atom stereocenters. The second kappa shape index (κ2) is 3.71. The van der Waals surface area contributed by atoms with Crippen molar-refractivity contribution in [2.24, 2.45) is 17.8 Å². The molecule has 0 aromatic rings. The second-order valence-electron chi connectivity index (χ2n) is 6.63. The SMILES string of the molecule is O=C(C1CC2CC2C1)N1CCC2CCC(C1)N2. The number of fused-ring (bicyclic) bond motifs is 3. The first kappa shape index (κ1) is 10.4. The molecular weight excluding hydrogens is 212 g/mol. The number of amides is 1. The van der Waals surface area contributed by atoms with Gasteiger partial charge in [-0.25, -0.2) is 0 Å². The Bertz CT molecular complexity index is 333. The molecule has 3 heteroatoms. The summed E-state index contributed by atoms with van der Waals surface area (Å²) in [6, 6.07) is 1.28. The van der Waals surface area contributed by atoms with E-state index in [0.29, 0.717) is 23.9 Å². The molecule has 3 nitrogen and oxygen atoms in total.